The first-order valence-electron chi connectivity index (χ1n) is 5.29. The van der Waals surface area contributed by atoms with Gasteiger partial charge in [-0.2, -0.15) is 0 Å². The van der Waals surface area contributed by atoms with E-state index in [0.717, 1.165) is 31.9 Å². The fourth-order valence-corrected chi connectivity index (χ4v) is 1.73. The predicted molar refractivity (Wildman–Crippen MR) is 56.2 cm³/mol. The molecule has 0 aromatic carbocycles. The van der Waals surface area contributed by atoms with Gasteiger partial charge < -0.3 is 9.47 Å². The number of ether oxygens (including phenoxy) is 2. The summed E-state index contributed by atoms with van der Waals surface area (Å²) in [6.07, 6.45) is 4.92. The van der Waals surface area contributed by atoms with Gasteiger partial charge in [0.15, 0.2) is 0 Å². The Kier molecular flexibility index (Phi) is 3.46. The van der Waals surface area contributed by atoms with Gasteiger partial charge in [0.1, 0.15) is 5.82 Å². The molecule has 1 aromatic rings. The van der Waals surface area contributed by atoms with Crippen LogP contribution in [0.2, 0.25) is 0 Å². The summed E-state index contributed by atoms with van der Waals surface area (Å²) in [7, 11) is 1.34. The summed E-state index contributed by atoms with van der Waals surface area (Å²) in [4.78, 5) is 19.6. The molecule has 0 spiro atoms. The lowest BCUT2D eigenvalue weighted by Crippen LogP contribution is -2.16. The Hall–Kier alpha value is -1.49. The monoisotopic (exact) mass is 222 g/mol. The molecule has 0 aliphatic carbocycles. The Morgan fingerprint density at radius 1 is 1.38 bits per heavy atom. The van der Waals surface area contributed by atoms with E-state index < -0.39 is 5.97 Å². The van der Waals surface area contributed by atoms with Gasteiger partial charge in [0, 0.05) is 31.5 Å². The molecular formula is C11H14N2O3. The second-order valence-electron chi connectivity index (χ2n) is 3.71. The van der Waals surface area contributed by atoms with Gasteiger partial charge in [0.25, 0.3) is 0 Å². The molecule has 1 aliphatic heterocycles. The van der Waals surface area contributed by atoms with Crippen molar-refractivity contribution in [3.8, 4) is 0 Å². The highest BCUT2D eigenvalue weighted by Gasteiger charge is 2.18. The molecule has 1 saturated heterocycles. The number of methoxy groups -OCH3 is 1. The van der Waals surface area contributed by atoms with Gasteiger partial charge in [0.05, 0.1) is 12.7 Å². The fraction of sp³-hybridized carbons (Fsp3) is 0.545. The van der Waals surface area contributed by atoms with Crippen molar-refractivity contribution in [3.05, 3.63) is 23.8 Å². The average Bonchev–Trinajstić information content (AvgIpc) is 2.39. The molecule has 16 heavy (non-hydrogen) atoms. The number of carbonyl (C=O) groups is 1. The van der Waals surface area contributed by atoms with Crippen molar-refractivity contribution < 1.29 is 14.3 Å². The normalized spacial score (nSPS) is 17.1. The topological polar surface area (TPSA) is 61.3 Å². The number of esters is 1. The first kappa shape index (κ1) is 11.0. The summed E-state index contributed by atoms with van der Waals surface area (Å²) < 4.78 is 9.85. The third-order valence-electron chi connectivity index (χ3n) is 2.68. The number of nitrogens with zero attached hydrogens (tertiary/aromatic N) is 2. The number of hydrogen-bond acceptors (Lipinski definition) is 5. The van der Waals surface area contributed by atoms with Crippen molar-refractivity contribution in [2.45, 2.75) is 18.8 Å². The van der Waals surface area contributed by atoms with Crippen molar-refractivity contribution in [1.29, 1.82) is 0 Å². The quantitative estimate of drug-likeness (QED) is 0.702. The van der Waals surface area contributed by atoms with E-state index in [1.807, 2.05) is 0 Å². The largest absolute Gasteiger partial charge is 0.465 e. The molecule has 1 aliphatic rings. The van der Waals surface area contributed by atoms with Gasteiger partial charge >= 0.3 is 5.97 Å². The van der Waals surface area contributed by atoms with Crippen molar-refractivity contribution in [1.82, 2.24) is 9.97 Å². The average molecular weight is 222 g/mol. The fourth-order valence-electron chi connectivity index (χ4n) is 1.73. The van der Waals surface area contributed by atoms with Gasteiger partial charge in [-0.3, -0.25) is 0 Å². The molecule has 0 radical (unpaired) electrons. The molecule has 0 bridgehead atoms. The van der Waals surface area contributed by atoms with Crippen molar-refractivity contribution in [3.63, 3.8) is 0 Å². The summed E-state index contributed by atoms with van der Waals surface area (Å²) in [6.45, 7) is 1.51. The minimum absolute atomic E-state index is 0.348. The smallest absolute Gasteiger partial charge is 0.341 e. The maximum absolute atomic E-state index is 11.2. The molecule has 0 unspecified atom stereocenters. The van der Waals surface area contributed by atoms with Crippen molar-refractivity contribution in [2.75, 3.05) is 20.3 Å². The molecule has 1 fully saturated rings. The van der Waals surface area contributed by atoms with Crippen LogP contribution >= 0.6 is 0 Å². The molecule has 1 aromatic heterocycles. The molecule has 0 saturated carbocycles. The van der Waals surface area contributed by atoms with Crippen LogP contribution in [0.15, 0.2) is 12.4 Å². The third kappa shape index (κ3) is 2.36. The minimum atomic E-state index is -0.404. The van der Waals surface area contributed by atoms with Crippen LogP contribution < -0.4 is 0 Å². The second-order valence-corrected chi connectivity index (χ2v) is 3.71. The first-order chi connectivity index (χ1) is 7.81. The second kappa shape index (κ2) is 5.03. The molecule has 0 N–H and O–H groups in total. The van der Waals surface area contributed by atoms with E-state index in [0.29, 0.717) is 11.5 Å². The number of hydrogen-bond donors (Lipinski definition) is 0. The van der Waals surface area contributed by atoms with E-state index in [2.05, 4.69) is 14.7 Å². The summed E-state index contributed by atoms with van der Waals surface area (Å²) in [6, 6.07) is 0. The standard InChI is InChI=1S/C11H14N2O3/c1-15-11(14)9-6-12-10(13-7-9)8-2-4-16-5-3-8/h6-8H,2-5H2,1H3. The molecule has 0 atom stereocenters. The number of rotatable bonds is 2. The van der Waals surface area contributed by atoms with E-state index in [1.54, 1.807) is 0 Å². The van der Waals surface area contributed by atoms with Crippen LogP contribution in [0.4, 0.5) is 0 Å². The SMILES string of the molecule is COC(=O)c1cnc(C2CCOCC2)nc1. The molecule has 86 valence electrons. The highest BCUT2D eigenvalue weighted by Crippen LogP contribution is 2.23. The van der Waals surface area contributed by atoms with Crippen LogP contribution in [-0.2, 0) is 9.47 Å². The van der Waals surface area contributed by atoms with Crippen LogP contribution in [0.1, 0.15) is 34.9 Å². The van der Waals surface area contributed by atoms with Crippen LogP contribution in [0, 0.1) is 0 Å². The predicted octanol–water partition coefficient (Wildman–Crippen LogP) is 1.16. The number of aromatic nitrogens is 2. The maximum Gasteiger partial charge on any atom is 0.341 e. The summed E-state index contributed by atoms with van der Waals surface area (Å²) >= 11 is 0. The highest BCUT2D eigenvalue weighted by atomic mass is 16.5. The zero-order valence-corrected chi connectivity index (χ0v) is 9.18. The van der Waals surface area contributed by atoms with E-state index in [9.17, 15) is 4.79 Å². The van der Waals surface area contributed by atoms with E-state index in [4.69, 9.17) is 4.74 Å². The van der Waals surface area contributed by atoms with Gasteiger partial charge in [-0.15, -0.1) is 0 Å². The third-order valence-corrected chi connectivity index (χ3v) is 2.68. The molecule has 5 nitrogen and oxygen atoms in total. The Bertz CT molecular complexity index is 358. The lowest BCUT2D eigenvalue weighted by Gasteiger charge is -2.20. The van der Waals surface area contributed by atoms with Crippen LogP contribution in [0.5, 0.6) is 0 Å². The summed E-state index contributed by atoms with van der Waals surface area (Å²) in [5, 5.41) is 0. The zero-order valence-electron chi connectivity index (χ0n) is 9.18. The Morgan fingerprint density at radius 3 is 2.56 bits per heavy atom. The van der Waals surface area contributed by atoms with Crippen molar-refractivity contribution >= 4 is 5.97 Å². The van der Waals surface area contributed by atoms with E-state index in [-0.39, 0.29) is 0 Å². The van der Waals surface area contributed by atoms with Crippen LogP contribution in [0.3, 0.4) is 0 Å². The summed E-state index contributed by atoms with van der Waals surface area (Å²) in [5.74, 6) is 0.731. The molecule has 2 heterocycles. The molecule has 0 amide bonds. The van der Waals surface area contributed by atoms with E-state index >= 15 is 0 Å². The van der Waals surface area contributed by atoms with Crippen LogP contribution in [-0.4, -0.2) is 36.3 Å². The lowest BCUT2D eigenvalue weighted by molar-refractivity contribution is 0.0599. The van der Waals surface area contributed by atoms with Crippen LogP contribution in [0.25, 0.3) is 0 Å². The van der Waals surface area contributed by atoms with Crippen molar-refractivity contribution in [2.24, 2.45) is 0 Å². The van der Waals surface area contributed by atoms with Gasteiger partial charge in [-0.1, -0.05) is 0 Å². The minimum Gasteiger partial charge on any atom is -0.465 e. The molecular weight excluding hydrogens is 208 g/mol. The summed E-state index contributed by atoms with van der Waals surface area (Å²) in [5.41, 5.74) is 0.387. The van der Waals surface area contributed by atoms with Gasteiger partial charge in [0.2, 0.25) is 0 Å². The molecule has 2 rings (SSSR count). The highest BCUT2D eigenvalue weighted by molar-refractivity contribution is 5.88. The van der Waals surface area contributed by atoms with Gasteiger partial charge in [-0.25, -0.2) is 14.8 Å². The lowest BCUT2D eigenvalue weighted by atomic mass is 9.99. The van der Waals surface area contributed by atoms with Gasteiger partial charge in [-0.05, 0) is 12.8 Å². The Morgan fingerprint density at radius 2 is 2.00 bits per heavy atom. The zero-order chi connectivity index (χ0) is 11.4. The Labute approximate surface area is 93.8 Å². The maximum atomic E-state index is 11.2. The number of carbonyl (C=O) groups excluding carboxylic acids is 1. The first-order valence-corrected chi connectivity index (χ1v) is 5.29. The van der Waals surface area contributed by atoms with E-state index in [1.165, 1.54) is 19.5 Å². The Balaban J connectivity index is 2.09. The molecule has 5 heteroatoms.